The predicted octanol–water partition coefficient (Wildman–Crippen LogP) is 2.76. The van der Waals surface area contributed by atoms with Gasteiger partial charge in [-0.25, -0.2) is 8.42 Å². The predicted molar refractivity (Wildman–Crippen MR) is 78.4 cm³/mol. The maximum Gasteiger partial charge on any atom is 0.244 e. The summed E-state index contributed by atoms with van der Waals surface area (Å²) in [5.74, 6) is 2.57. The minimum absolute atomic E-state index is 0.0346. The quantitative estimate of drug-likeness (QED) is 0.619. The highest BCUT2D eigenvalue weighted by Crippen LogP contribution is 2.18. The Hall–Kier alpha value is -1.28. The van der Waals surface area contributed by atoms with Gasteiger partial charge < -0.3 is 0 Å². The van der Waals surface area contributed by atoms with Crippen molar-refractivity contribution in [1.82, 2.24) is 4.31 Å². The Bertz CT molecular complexity index is 597. The van der Waals surface area contributed by atoms with Crippen molar-refractivity contribution in [1.29, 1.82) is 0 Å². The Morgan fingerprint density at radius 1 is 1.42 bits per heavy atom. The Labute approximate surface area is 119 Å². The number of nitrogens with zero attached hydrogens (tertiary/aromatic N) is 1. The zero-order chi connectivity index (χ0) is 14.5. The van der Waals surface area contributed by atoms with Crippen LogP contribution in [-0.2, 0) is 10.0 Å². The molecule has 1 aromatic carbocycles. The van der Waals surface area contributed by atoms with E-state index in [9.17, 15) is 8.42 Å². The van der Waals surface area contributed by atoms with Gasteiger partial charge in [0.25, 0.3) is 0 Å². The van der Waals surface area contributed by atoms with Gasteiger partial charge in [0.1, 0.15) is 0 Å². The molecule has 102 valence electrons. The molecule has 3 nitrogen and oxygen atoms in total. The van der Waals surface area contributed by atoms with Crippen LogP contribution in [0.2, 0.25) is 0 Å². The van der Waals surface area contributed by atoms with Crippen LogP contribution in [-0.4, -0.2) is 25.3 Å². The van der Waals surface area contributed by atoms with Crippen LogP contribution in [0.25, 0.3) is 0 Å². The molecule has 0 aliphatic carbocycles. The van der Waals surface area contributed by atoms with Crippen molar-refractivity contribution in [2.24, 2.45) is 0 Å². The molecule has 0 aliphatic rings. The third-order valence-electron chi connectivity index (χ3n) is 2.72. The number of aryl methyl sites for hydroxylation is 1. The van der Waals surface area contributed by atoms with E-state index in [-0.39, 0.29) is 17.5 Å². The zero-order valence-corrected chi connectivity index (χ0v) is 12.5. The van der Waals surface area contributed by atoms with Gasteiger partial charge >= 0.3 is 0 Å². The van der Waals surface area contributed by atoms with Crippen molar-refractivity contribution in [2.45, 2.75) is 24.8 Å². The van der Waals surface area contributed by atoms with Gasteiger partial charge in [-0.1, -0.05) is 29.7 Å². The Kier molecular flexibility index (Phi) is 5.61. The van der Waals surface area contributed by atoms with E-state index >= 15 is 0 Å². The van der Waals surface area contributed by atoms with E-state index < -0.39 is 10.0 Å². The molecule has 0 heterocycles. The van der Waals surface area contributed by atoms with Gasteiger partial charge in [0.05, 0.1) is 11.4 Å². The number of hydrogen-bond donors (Lipinski definition) is 0. The fraction of sp³-hybridized carbons (Fsp3) is 0.286. The molecule has 0 fully saturated rings. The fourth-order valence-electron chi connectivity index (χ4n) is 1.52. The lowest BCUT2D eigenvalue weighted by molar-refractivity contribution is 0.412. The molecule has 1 atom stereocenters. The summed E-state index contributed by atoms with van der Waals surface area (Å²) in [6, 6.07) is 6.33. The second-order valence-corrected chi connectivity index (χ2v) is 6.19. The molecule has 0 saturated carbocycles. The minimum atomic E-state index is -3.60. The van der Waals surface area contributed by atoms with Crippen molar-refractivity contribution in [3.8, 4) is 11.3 Å². The van der Waals surface area contributed by atoms with Crippen LogP contribution >= 0.6 is 11.6 Å². The molecule has 0 N–H and O–H groups in total. The molecule has 19 heavy (non-hydrogen) atoms. The minimum Gasteiger partial charge on any atom is -0.207 e. The van der Waals surface area contributed by atoms with Crippen LogP contribution in [0.15, 0.2) is 41.8 Å². The summed E-state index contributed by atoms with van der Waals surface area (Å²) in [5.41, 5.74) is 1.00. The van der Waals surface area contributed by atoms with Crippen molar-refractivity contribution in [3.05, 3.63) is 42.5 Å². The largest absolute Gasteiger partial charge is 0.244 e. The van der Waals surface area contributed by atoms with Crippen molar-refractivity contribution >= 4 is 21.6 Å². The van der Waals surface area contributed by atoms with E-state index in [0.717, 1.165) is 5.56 Å². The third-order valence-corrected chi connectivity index (χ3v) is 4.81. The maximum absolute atomic E-state index is 12.5. The van der Waals surface area contributed by atoms with Gasteiger partial charge in [0.2, 0.25) is 10.0 Å². The van der Waals surface area contributed by atoms with Crippen LogP contribution in [0.1, 0.15) is 12.5 Å². The lowest BCUT2D eigenvalue weighted by atomic mass is 10.2. The van der Waals surface area contributed by atoms with Crippen molar-refractivity contribution in [3.63, 3.8) is 0 Å². The van der Waals surface area contributed by atoms with Crippen LogP contribution in [0.5, 0.6) is 0 Å². The molecule has 0 aromatic heterocycles. The molecular formula is C14H16ClNO2S. The second kappa shape index (κ2) is 6.76. The van der Waals surface area contributed by atoms with Gasteiger partial charge in [-0.3, -0.25) is 0 Å². The molecule has 5 heteroatoms. The van der Waals surface area contributed by atoms with E-state index in [0.29, 0.717) is 0 Å². The Balaban J connectivity index is 3.21. The lowest BCUT2D eigenvalue weighted by Gasteiger charge is -2.24. The van der Waals surface area contributed by atoms with Crippen molar-refractivity contribution in [2.75, 3.05) is 6.54 Å². The van der Waals surface area contributed by atoms with Crippen LogP contribution in [0.4, 0.5) is 0 Å². The number of halogens is 1. The molecule has 0 spiro atoms. The molecule has 0 saturated heterocycles. The van der Waals surface area contributed by atoms with Gasteiger partial charge in [0.15, 0.2) is 0 Å². The van der Waals surface area contributed by atoms with Gasteiger partial charge in [0, 0.05) is 11.4 Å². The molecule has 0 amide bonds. The summed E-state index contributed by atoms with van der Waals surface area (Å²) in [6.45, 7) is 7.31. The molecule has 0 radical (unpaired) electrons. The third kappa shape index (κ3) is 3.84. The van der Waals surface area contributed by atoms with E-state index in [2.05, 4.69) is 17.9 Å². The monoisotopic (exact) mass is 297 g/mol. The van der Waals surface area contributed by atoms with E-state index in [1.54, 1.807) is 37.3 Å². The highest BCUT2D eigenvalue weighted by Gasteiger charge is 2.26. The first-order chi connectivity index (χ1) is 8.93. The summed E-state index contributed by atoms with van der Waals surface area (Å²) in [6.07, 6.45) is 1.56. The second-order valence-electron chi connectivity index (χ2n) is 4.11. The Morgan fingerprint density at radius 2 is 2.00 bits per heavy atom. The summed E-state index contributed by atoms with van der Waals surface area (Å²) < 4.78 is 26.3. The average Bonchev–Trinajstić information content (AvgIpc) is 2.39. The highest BCUT2D eigenvalue weighted by molar-refractivity contribution is 7.89. The lowest BCUT2D eigenvalue weighted by Crippen LogP contribution is -2.37. The fourth-order valence-corrected chi connectivity index (χ4v) is 3.09. The SMILES string of the molecule is C=CC(C)N(CC#CCl)S(=O)(=O)c1ccc(C)cc1. The number of benzene rings is 1. The standard InChI is InChI=1S/C14H16ClNO2S/c1-4-13(3)16(11-5-10-15)19(17,18)14-8-6-12(2)7-9-14/h4,6-9,13H,1,11H2,2-3H3. The van der Waals surface area contributed by atoms with Crippen molar-refractivity contribution < 1.29 is 8.42 Å². The molecule has 0 bridgehead atoms. The molecule has 1 aromatic rings. The normalized spacial score (nSPS) is 12.6. The molecular weight excluding hydrogens is 282 g/mol. The van der Waals surface area contributed by atoms with E-state index in [1.807, 2.05) is 6.92 Å². The van der Waals surface area contributed by atoms with Gasteiger partial charge in [-0.15, -0.1) is 6.58 Å². The number of hydrogen-bond acceptors (Lipinski definition) is 2. The summed E-state index contributed by atoms with van der Waals surface area (Å²) in [4.78, 5) is 0.239. The highest BCUT2D eigenvalue weighted by atomic mass is 35.5. The molecule has 1 rings (SSSR count). The summed E-state index contributed by atoms with van der Waals surface area (Å²) in [7, 11) is -3.60. The smallest absolute Gasteiger partial charge is 0.207 e. The van der Waals surface area contributed by atoms with Gasteiger partial charge in [-0.05, 0) is 37.6 Å². The first-order valence-corrected chi connectivity index (χ1v) is 7.55. The number of rotatable bonds is 5. The van der Waals surface area contributed by atoms with Gasteiger partial charge in [-0.2, -0.15) is 4.31 Å². The average molecular weight is 298 g/mol. The van der Waals surface area contributed by atoms with E-state index in [1.165, 1.54) is 4.31 Å². The van der Waals surface area contributed by atoms with E-state index in [4.69, 9.17) is 11.6 Å². The number of sulfonamides is 1. The van der Waals surface area contributed by atoms with Crippen LogP contribution in [0.3, 0.4) is 0 Å². The Morgan fingerprint density at radius 3 is 2.47 bits per heavy atom. The van der Waals surface area contributed by atoms with Crippen LogP contribution in [0, 0.1) is 18.2 Å². The first-order valence-electron chi connectivity index (χ1n) is 5.73. The maximum atomic E-state index is 12.5. The summed E-state index contributed by atoms with van der Waals surface area (Å²) in [5, 5.41) is 2.19. The first kappa shape index (κ1) is 15.8. The topological polar surface area (TPSA) is 37.4 Å². The molecule has 0 aliphatic heterocycles. The van der Waals surface area contributed by atoms with Crippen LogP contribution < -0.4 is 0 Å². The molecule has 1 unspecified atom stereocenters. The zero-order valence-electron chi connectivity index (χ0n) is 10.9. The summed E-state index contributed by atoms with van der Waals surface area (Å²) >= 11 is 5.30.